The Balaban J connectivity index is 1.85. The van der Waals surface area contributed by atoms with Crippen molar-refractivity contribution in [1.82, 2.24) is 14.1 Å². The number of likely N-dealkylation sites (N-methyl/N-ethyl adjacent to an activating group) is 1. The lowest BCUT2D eigenvalue weighted by Crippen LogP contribution is -2.51. The molecule has 162 valence electrons. The van der Waals surface area contributed by atoms with Gasteiger partial charge in [0.1, 0.15) is 12.1 Å². The summed E-state index contributed by atoms with van der Waals surface area (Å²) in [5.41, 5.74) is 0.406. The highest BCUT2D eigenvalue weighted by Gasteiger charge is 2.29. The van der Waals surface area contributed by atoms with Crippen molar-refractivity contribution in [3.63, 3.8) is 0 Å². The first-order chi connectivity index (χ1) is 13.4. The molecule has 1 fully saturated rings. The molecule has 1 saturated heterocycles. The van der Waals surface area contributed by atoms with E-state index in [0.29, 0.717) is 26.2 Å². The number of amides is 1. The highest BCUT2D eigenvalue weighted by atomic mass is 32.2. The fourth-order valence-electron chi connectivity index (χ4n) is 2.95. The summed E-state index contributed by atoms with van der Waals surface area (Å²) < 4.78 is 32.2. The van der Waals surface area contributed by atoms with Gasteiger partial charge in [-0.25, -0.2) is 8.42 Å². The van der Waals surface area contributed by atoms with E-state index in [4.69, 9.17) is 4.74 Å². The summed E-state index contributed by atoms with van der Waals surface area (Å²) in [5.74, 6) is -0.659. The van der Waals surface area contributed by atoms with E-state index in [-0.39, 0.29) is 23.9 Å². The third-order valence-corrected chi connectivity index (χ3v) is 6.47. The van der Waals surface area contributed by atoms with Gasteiger partial charge in [0.15, 0.2) is 0 Å². The SMILES string of the molecule is Cc1ccc(S(=O)(=O)N2CCN(CC(=O)N(C)CC(=O)OC(C)(C)C)CC2)cc1. The van der Waals surface area contributed by atoms with Crippen LogP contribution in [-0.2, 0) is 24.3 Å². The van der Waals surface area contributed by atoms with E-state index in [1.807, 2.05) is 11.8 Å². The molecule has 8 nitrogen and oxygen atoms in total. The predicted molar refractivity (Wildman–Crippen MR) is 110 cm³/mol. The molecular formula is C20H31N3O5S. The van der Waals surface area contributed by atoms with E-state index in [9.17, 15) is 18.0 Å². The Labute approximate surface area is 173 Å². The molecular weight excluding hydrogens is 394 g/mol. The van der Waals surface area contributed by atoms with E-state index >= 15 is 0 Å². The second-order valence-corrected chi connectivity index (χ2v) is 10.3. The normalized spacial score (nSPS) is 16.4. The second-order valence-electron chi connectivity index (χ2n) is 8.33. The zero-order valence-corrected chi connectivity index (χ0v) is 18.7. The van der Waals surface area contributed by atoms with Crippen molar-refractivity contribution in [1.29, 1.82) is 0 Å². The maximum Gasteiger partial charge on any atom is 0.326 e. The zero-order valence-electron chi connectivity index (χ0n) is 17.8. The number of nitrogens with zero attached hydrogens (tertiary/aromatic N) is 3. The number of aryl methyl sites for hydroxylation is 1. The van der Waals surface area contributed by atoms with Crippen LogP contribution in [0.2, 0.25) is 0 Å². The smallest absolute Gasteiger partial charge is 0.326 e. The summed E-state index contributed by atoms with van der Waals surface area (Å²) in [4.78, 5) is 27.8. The lowest BCUT2D eigenvalue weighted by atomic mass is 10.2. The van der Waals surface area contributed by atoms with Crippen molar-refractivity contribution < 1.29 is 22.7 Å². The van der Waals surface area contributed by atoms with Gasteiger partial charge in [0.25, 0.3) is 0 Å². The summed E-state index contributed by atoms with van der Waals surface area (Å²) in [6.07, 6.45) is 0. The first kappa shape index (κ1) is 23.3. The number of sulfonamides is 1. The highest BCUT2D eigenvalue weighted by molar-refractivity contribution is 7.89. The van der Waals surface area contributed by atoms with E-state index < -0.39 is 21.6 Å². The van der Waals surface area contributed by atoms with Crippen molar-refractivity contribution in [2.45, 2.75) is 38.2 Å². The average molecular weight is 426 g/mol. The minimum atomic E-state index is -3.53. The van der Waals surface area contributed by atoms with Crippen LogP contribution in [0.15, 0.2) is 29.2 Å². The van der Waals surface area contributed by atoms with Gasteiger partial charge in [0.2, 0.25) is 15.9 Å². The molecule has 29 heavy (non-hydrogen) atoms. The Morgan fingerprint density at radius 2 is 1.62 bits per heavy atom. The lowest BCUT2D eigenvalue weighted by molar-refractivity contribution is -0.158. The van der Waals surface area contributed by atoms with Gasteiger partial charge in [-0.05, 0) is 39.8 Å². The van der Waals surface area contributed by atoms with E-state index in [0.717, 1.165) is 5.56 Å². The van der Waals surface area contributed by atoms with Crippen LogP contribution in [-0.4, -0.2) is 86.3 Å². The molecule has 0 aliphatic carbocycles. The molecule has 1 aromatic rings. The van der Waals surface area contributed by atoms with Crippen molar-refractivity contribution in [3.05, 3.63) is 29.8 Å². The second kappa shape index (κ2) is 9.23. The Morgan fingerprint density at radius 1 is 1.07 bits per heavy atom. The first-order valence-electron chi connectivity index (χ1n) is 9.63. The summed E-state index contributed by atoms with van der Waals surface area (Å²) >= 11 is 0. The number of benzene rings is 1. The lowest BCUT2D eigenvalue weighted by Gasteiger charge is -2.34. The van der Waals surface area contributed by atoms with Crippen LogP contribution >= 0.6 is 0 Å². The Hall–Kier alpha value is -1.97. The van der Waals surface area contributed by atoms with Gasteiger partial charge in [-0.1, -0.05) is 17.7 Å². The molecule has 0 atom stereocenters. The zero-order chi connectivity index (χ0) is 21.8. The maximum absolute atomic E-state index is 12.8. The number of esters is 1. The largest absolute Gasteiger partial charge is 0.459 e. The van der Waals surface area contributed by atoms with Gasteiger partial charge in [0.05, 0.1) is 11.4 Å². The van der Waals surface area contributed by atoms with Crippen LogP contribution in [0.4, 0.5) is 0 Å². The fourth-order valence-corrected chi connectivity index (χ4v) is 4.38. The number of hydrogen-bond donors (Lipinski definition) is 0. The maximum atomic E-state index is 12.8. The van der Waals surface area contributed by atoms with Crippen molar-refractivity contribution >= 4 is 21.9 Å². The minimum Gasteiger partial charge on any atom is -0.459 e. The number of carbonyl (C=O) groups excluding carboxylic acids is 2. The number of hydrogen-bond acceptors (Lipinski definition) is 6. The van der Waals surface area contributed by atoms with Gasteiger partial charge in [-0.2, -0.15) is 4.31 Å². The van der Waals surface area contributed by atoms with E-state index in [2.05, 4.69) is 0 Å². The van der Waals surface area contributed by atoms with Crippen molar-refractivity contribution in [2.75, 3.05) is 46.3 Å². The molecule has 1 aromatic carbocycles. The topological polar surface area (TPSA) is 87.2 Å². The average Bonchev–Trinajstić information content (AvgIpc) is 2.60. The number of ether oxygens (including phenoxy) is 1. The molecule has 1 aliphatic heterocycles. The fraction of sp³-hybridized carbons (Fsp3) is 0.600. The number of rotatable bonds is 6. The van der Waals surface area contributed by atoms with Gasteiger partial charge in [-0.15, -0.1) is 0 Å². The summed E-state index contributed by atoms with van der Waals surface area (Å²) in [5, 5.41) is 0. The molecule has 0 saturated carbocycles. The molecule has 1 heterocycles. The molecule has 0 spiro atoms. The van der Waals surface area contributed by atoms with Crippen molar-refractivity contribution in [2.24, 2.45) is 0 Å². The number of carbonyl (C=O) groups is 2. The van der Waals surface area contributed by atoms with Gasteiger partial charge >= 0.3 is 5.97 Å². The quantitative estimate of drug-likeness (QED) is 0.635. The minimum absolute atomic E-state index is 0.113. The summed E-state index contributed by atoms with van der Waals surface area (Å²) in [6.45, 7) is 8.80. The van der Waals surface area contributed by atoms with Gasteiger partial charge < -0.3 is 9.64 Å². The summed E-state index contributed by atoms with van der Waals surface area (Å²) in [6, 6.07) is 6.79. The van der Waals surface area contributed by atoms with E-state index in [1.165, 1.54) is 9.21 Å². The molecule has 0 unspecified atom stereocenters. The molecule has 0 radical (unpaired) electrons. The molecule has 1 amide bonds. The van der Waals surface area contributed by atoms with Crippen molar-refractivity contribution in [3.8, 4) is 0 Å². The number of piperazine rings is 1. The molecule has 0 N–H and O–H groups in total. The van der Waals surface area contributed by atoms with Crippen LogP contribution in [0.3, 0.4) is 0 Å². The Kier molecular flexibility index (Phi) is 7.42. The Bertz CT molecular complexity index is 823. The van der Waals surface area contributed by atoms with E-state index in [1.54, 1.807) is 52.1 Å². The molecule has 1 aliphatic rings. The monoisotopic (exact) mass is 425 g/mol. The molecule has 2 rings (SSSR count). The molecule has 0 bridgehead atoms. The van der Waals surface area contributed by atoms with Crippen LogP contribution in [0.25, 0.3) is 0 Å². The molecule has 9 heteroatoms. The first-order valence-corrected chi connectivity index (χ1v) is 11.1. The third-order valence-electron chi connectivity index (χ3n) is 4.56. The van der Waals surface area contributed by atoms with Gasteiger partial charge in [0, 0.05) is 33.2 Å². The van der Waals surface area contributed by atoms with Crippen LogP contribution in [0, 0.1) is 6.92 Å². The third kappa shape index (κ3) is 6.80. The van der Waals surface area contributed by atoms with Crippen LogP contribution < -0.4 is 0 Å². The van der Waals surface area contributed by atoms with Gasteiger partial charge in [-0.3, -0.25) is 14.5 Å². The van der Waals surface area contributed by atoms with Crippen LogP contribution in [0.5, 0.6) is 0 Å². The summed E-state index contributed by atoms with van der Waals surface area (Å²) in [7, 11) is -1.97. The Morgan fingerprint density at radius 3 is 2.14 bits per heavy atom. The highest BCUT2D eigenvalue weighted by Crippen LogP contribution is 2.18. The standard InChI is InChI=1S/C20H31N3O5S/c1-16-6-8-17(9-7-16)29(26,27)23-12-10-22(11-13-23)14-18(24)21(5)15-19(25)28-20(2,3)4/h6-9H,10-15H2,1-5H3. The molecule has 0 aromatic heterocycles. The van der Waals surface area contributed by atoms with Crippen LogP contribution in [0.1, 0.15) is 26.3 Å². The predicted octanol–water partition coefficient (Wildman–Crippen LogP) is 1.10.